The van der Waals surface area contributed by atoms with Crippen molar-refractivity contribution in [3.8, 4) is 0 Å². The van der Waals surface area contributed by atoms with E-state index in [1.807, 2.05) is 19.9 Å². The normalized spacial score (nSPS) is 10.5. The third kappa shape index (κ3) is 2.66. The Balaban J connectivity index is 2.20. The zero-order valence-corrected chi connectivity index (χ0v) is 11.3. The van der Waals surface area contributed by atoms with Gasteiger partial charge in [-0.1, -0.05) is 6.07 Å². The Labute approximate surface area is 111 Å². The molecule has 2 rings (SSSR count). The van der Waals surface area contributed by atoms with Crippen molar-refractivity contribution in [3.63, 3.8) is 0 Å². The van der Waals surface area contributed by atoms with Gasteiger partial charge >= 0.3 is 0 Å². The van der Waals surface area contributed by atoms with Gasteiger partial charge in [-0.25, -0.2) is 4.98 Å². The van der Waals surface area contributed by atoms with Gasteiger partial charge in [-0.3, -0.25) is 4.79 Å². The molecule has 0 saturated heterocycles. The van der Waals surface area contributed by atoms with E-state index < -0.39 is 0 Å². The molecule has 2 aromatic heterocycles. The van der Waals surface area contributed by atoms with E-state index in [1.54, 1.807) is 19.2 Å². The number of aromatic nitrogens is 1. The van der Waals surface area contributed by atoms with Crippen LogP contribution in [0.5, 0.6) is 0 Å². The maximum absolute atomic E-state index is 12.2. The summed E-state index contributed by atoms with van der Waals surface area (Å²) in [6, 6.07) is 3.57. The molecule has 0 saturated carbocycles. The number of nitrogens with two attached hydrogens (primary N) is 1. The van der Waals surface area contributed by atoms with Gasteiger partial charge in [0.1, 0.15) is 17.3 Å². The Hall–Kier alpha value is -2.14. The third-order valence-corrected chi connectivity index (χ3v) is 3.09. The van der Waals surface area contributed by atoms with Crippen LogP contribution in [0.2, 0.25) is 0 Å². The summed E-state index contributed by atoms with van der Waals surface area (Å²) >= 11 is 0. The SMILES string of the molecule is Cc1oc(C)c(C(=O)Nc2ccc(CN)cn2)c1C. The highest BCUT2D eigenvalue weighted by atomic mass is 16.3. The van der Waals surface area contributed by atoms with Crippen LogP contribution < -0.4 is 11.1 Å². The van der Waals surface area contributed by atoms with Gasteiger partial charge in [0.2, 0.25) is 0 Å². The van der Waals surface area contributed by atoms with E-state index in [9.17, 15) is 4.79 Å². The molecule has 0 fully saturated rings. The molecule has 2 aromatic rings. The molecule has 0 aliphatic rings. The van der Waals surface area contributed by atoms with Crippen LogP contribution in [0, 0.1) is 20.8 Å². The van der Waals surface area contributed by atoms with Gasteiger partial charge in [0.15, 0.2) is 0 Å². The Morgan fingerprint density at radius 2 is 2.05 bits per heavy atom. The van der Waals surface area contributed by atoms with Crippen LogP contribution in [0.15, 0.2) is 22.7 Å². The highest BCUT2D eigenvalue weighted by Crippen LogP contribution is 2.21. The number of hydrogen-bond acceptors (Lipinski definition) is 4. The standard InChI is InChI=1S/C14H17N3O2/c1-8-9(2)19-10(3)13(8)14(18)17-12-5-4-11(6-15)7-16-12/h4-5,7H,6,15H2,1-3H3,(H,16,17,18). The first-order valence-electron chi connectivity index (χ1n) is 6.06. The molecule has 0 aromatic carbocycles. The first kappa shape index (κ1) is 13.3. The molecule has 5 nitrogen and oxygen atoms in total. The van der Waals surface area contributed by atoms with E-state index in [2.05, 4.69) is 10.3 Å². The summed E-state index contributed by atoms with van der Waals surface area (Å²) in [5, 5.41) is 2.75. The minimum absolute atomic E-state index is 0.208. The number of hydrogen-bond donors (Lipinski definition) is 2. The van der Waals surface area contributed by atoms with E-state index in [1.165, 1.54) is 0 Å². The number of nitrogens with zero attached hydrogens (tertiary/aromatic N) is 1. The molecular weight excluding hydrogens is 242 g/mol. The molecular formula is C14H17N3O2. The smallest absolute Gasteiger partial charge is 0.260 e. The van der Waals surface area contributed by atoms with Crippen LogP contribution in [0.3, 0.4) is 0 Å². The fourth-order valence-corrected chi connectivity index (χ4v) is 1.93. The fraction of sp³-hybridized carbons (Fsp3) is 0.286. The quantitative estimate of drug-likeness (QED) is 0.886. The van der Waals surface area contributed by atoms with E-state index >= 15 is 0 Å². The van der Waals surface area contributed by atoms with Crippen molar-refractivity contribution in [3.05, 3.63) is 46.5 Å². The summed E-state index contributed by atoms with van der Waals surface area (Å²) in [5.41, 5.74) is 7.84. The lowest BCUT2D eigenvalue weighted by atomic mass is 10.1. The lowest BCUT2D eigenvalue weighted by molar-refractivity contribution is 0.102. The van der Waals surface area contributed by atoms with Crippen LogP contribution in [0.1, 0.15) is 33.0 Å². The van der Waals surface area contributed by atoms with Crippen molar-refractivity contribution in [1.82, 2.24) is 4.98 Å². The van der Waals surface area contributed by atoms with Gasteiger partial charge < -0.3 is 15.5 Å². The summed E-state index contributed by atoms with van der Waals surface area (Å²) in [5.74, 6) is 1.67. The Bertz CT molecular complexity index is 600. The molecule has 0 bridgehead atoms. The van der Waals surface area contributed by atoms with E-state index in [0.717, 1.165) is 16.9 Å². The molecule has 0 spiro atoms. The van der Waals surface area contributed by atoms with Crippen molar-refractivity contribution in [2.75, 3.05) is 5.32 Å². The van der Waals surface area contributed by atoms with Crippen molar-refractivity contribution in [2.45, 2.75) is 27.3 Å². The van der Waals surface area contributed by atoms with E-state index in [-0.39, 0.29) is 5.91 Å². The second-order valence-corrected chi connectivity index (χ2v) is 4.42. The van der Waals surface area contributed by atoms with Gasteiger partial charge in [0, 0.05) is 18.3 Å². The highest BCUT2D eigenvalue weighted by molar-refractivity contribution is 6.05. The number of carbonyl (C=O) groups excluding carboxylic acids is 1. The number of anilines is 1. The van der Waals surface area contributed by atoms with Gasteiger partial charge in [0.05, 0.1) is 5.56 Å². The number of furan rings is 1. The molecule has 0 unspecified atom stereocenters. The van der Waals surface area contributed by atoms with Crippen LogP contribution in [-0.4, -0.2) is 10.9 Å². The first-order valence-corrected chi connectivity index (χ1v) is 6.06. The summed E-state index contributed by atoms with van der Waals surface area (Å²) in [6.45, 7) is 5.92. The molecule has 0 aliphatic heterocycles. The lowest BCUT2D eigenvalue weighted by Gasteiger charge is -2.05. The number of amides is 1. The second-order valence-electron chi connectivity index (χ2n) is 4.42. The Morgan fingerprint density at radius 1 is 1.32 bits per heavy atom. The Kier molecular flexibility index (Phi) is 3.66. The van der Waals surface area contributed by atoms with Crippen LogP contribution in [0.4, 0.5) is 5.82 Å². The number of nitrogens with one attached hydrogen (secondary N) is 1. The maximum atomic E-state index is 12.2. The van der Waals surface area contributed by atoms with E-state index in [0.29, 0.717) is 23.7 Å². The molecule has 0 radical (unpaired) electrons. The fourth-order valence-electron chi connectivity index (χ4n) is 1.93. The molecule has 2 heterocycles. The van der Waals surface area contributed by atoms with Crippen LogP contribution in [-0.2, 0) is 6.54 Å². The topological polar surface area (TPSA) is 81.2 Å². The lowest BCUT2D eigenvalue weighted by Crippen LogP contribution is -2.14. The molecule has 100 valence electrons. The minimum atomic E-state index is -0.208. The highest BCUT2D eigenvalue weighted by Gasteiger charge is 2.18. The largest absolute Gasteiger partial charge is 0.466 e. The van der Waals surface area contributed by atoms with Crippen molar-refractivity contribution in [2.24, 2.45) is 5.73 Å². The summed E-state index contributed by atoms with van der Waals surface area (Å²) < 4.78 is 5.44. The second kappa shape index (κ2) is 5.24. The van der Waals surface area contributed by atoms with Gasteiger partial charge in [-0.15, -0.1) is 0 Å². The molecule has 19 heavy (non-hydrogen) atoms. The van der Waals surface area contributed by atoms with Crippen molar-refractivity contribution >= 4 is 11.7 Å². The summed E-state index contributed by atoms with van der Waals surface area (Å²) in [4.78, 5) is 16.3. The summed E-state index contributed by atoms with van der Waals surface area (Å²) in [7, 11) is 0. The number of pyridine rings is 1. The van der Waals surface area contributed by atoms with Crippen molar-refractivity contribution in [1.29, 1.82) is 0 Å². The minimum Gasteiger partial charge on any atom is -0.466 e. The van der Waals surface area contributed by atoms with Crippen LogP contribution >= 0.6 is 0 Å². The Morgan fingerprint density at radius 3 is 2.53 bits per heavy atom. The molecule has 1 amide bonds. The monoisotopic (exact) mass is 259 g/mol. The molecule has 3 N–H and O–H groups in total. The molecule has 0 aliphatic carbocycles. The number of rotatable bonds is 3. The van der Waals surface area contributed by atoms with Gasteiger partial charge in [-0.2, -0.15) is 0 Å². The van der Waals surface area contributed by atoms with Gasteiger partial charge in [-0.05, 0) is 32.4 Å². The predicted octanol–water partition coefficient (Wildman–Crippen LogP) is 2.31. The average molecular weight is 259 g/mol. The van der Waals surface area contributed by atoms with Crippen molar-refractivity contribution < 1.29 is 9.21 Å². The number of carbonyl (C=O) groups is 1. The zero-order chi connectivity index (χ0) is 14.0. The maximum Gasteiger partial charge on any atom is 0.260 e. The average Bonchev–Trinajstić information content (AvgIpc) is 2.64. The third-order valence-electron chi connectivity index (χ3n) is 3.09. The van der Waals surface area contributed by atoms with Crippen LogP contribution in [0.25, 0.3) is 0 Å². The van der Waals surface area contributed by atoms with Gasteiger partial charge in [0.25, 0.3) is 5.91 Å². The summed E-state index contributed by atoms with van der Waals surface area (Å²) in [6.07, 6.45) is 1.65. The number of aryl methyl sites for hydroxylation is 2. The first-order chi connectivity index (χ1) is 9.02. The predicted molar refractivity (Wildman–Crippen MR) is 73.0 cm³/mol. The molecule has 5 heteroatoms. The van der Waals surface area contributed by atoms with E-state index in [4.69, 9.17) is 10.2 Å². The zero-order valence-electron chi connectivity index (χ0n) is 11.3. The molecule has 0 atom stereocenters.